The fourth-order valence-electron chi connectivity index (χ4n) is 6.10. The summed E-state index contributed by atoms with van der Waals surface area (Å²) in [6.45, 7) is 8.30. The summed E-state index contributed by atoms with van der Waals surface area (Å²) in [6, 6.07) is 13.4. The molecule has 2 heterocycles. The van der Waals surface area contributed by atoms with Crippen molar-refractivity contribution >= 4 is 23.6 Å². The summed E-state index contributed by atoms with van der Waals surface area (Å²) >= 11 is 0. The molecule has 1 aromatic heterocycles. The Morgan fingerprint density at radius 2 is 1.68 bits per heavy atom. The van der Waals surface area contributed by atoms with Crippen LogP contribution in [0.2, 0.25) is 0 Å². The van der Waals surface area contributed by atoms with Crippen molar-refractivity contribution in [1.29, 1.82) is 0 Å². The third-order valence-corrected chi connectivity index (χ3v) is 8.83. The van der Waals surface area contributed by atoms with Gasteiger partial charge < -0.3 is 35.8 Å². The van der Waals surface area contributed by atoms with Crippen LogP contribution in [0.1, 0.15) is 64.3 Å². The van der Waals surface area contributed by atoms with Crippen LogP contribution < -0.4 is 16.4 Å². The van der Waals surface area contributed by atoms with Crippen molar-refractivity contribution in [1.82, 2.24) is 25.0 Å². The van der Waals surface area contributed by atoms with Gasteiger partial charge in [-0.1, -0.05) is 51.1 Å². The SMILES string of the molecule is CC1C(=O)N1CCNC(=O)CCC(=O)NC[C@@H](N)CCN(C(=O)CO)C(c1cc(-c2cc(F)ccc2F)cn1Cc1ccccc1)C(C)(C)C. The molecule has 1 fully saturated rings. The molecule has 1 aliphatic rings. The van der Waals surface area contributed by atoms with Gasteiger partial charge in [-0.15, -0.1) is 0 Å². The third kappa shape index (κ3) is 10.2. The lowest BCUT2D eigenvalue weighted by Gasteiger charge is -2.41. The van der Waals surface area contributed by atoms with E-state index in [1.54, 1.807) is 29.0 Å². The van der Waals surface area contributed by atoms with Crippen molar-refractivity contribution in [2.45, 2.75) is 71.6 Å². The lowest BCUT2D eigenvalue weighted by atomic mass is 9.82. The van der Waals surface area contributed by atoms with Crippen LogP contribution in [0.5, 0.6) is 0 Å². The standard InChI is InChI=1S/C37H48F2N6O5/c1-24-36(50)44(24)17-15-41-32(47)12-13-33(48)42-20-28(40)14-16-45(34(49)23-46)35(37(2,3)4)31-18-26(29-19-27(38)10-11-30(29)39)22-43(31)21-25-8-6-5-7-9-25/h5-11,18-19,22,24,28,35,46H,12-17,20-21,23,40H2,1-4H3,(H,41,47)(H,42,48)/t24?,28-,35?,44?/m0/s1. The first-order chi connectivity index (χ1) is 23.7. The number of benzene rings is 2. The Balaban J connectivity index is 1.45. The molecule has 2 aromatic carbocycles. The minimum absolute atomic E-state index is 0.0131. The van der Waals surface area contributed by atoms with E-state index in [0.717, 1.165) is 23.8 Å². The second-order valence-corrected chi connectivity index (χ2v) is 13.8. The number of hydrogen-bond acceptors (Lipinski definition) is 6. The Kier molecular flexibility index (Phi) is 12.9. The van der Waals surface area contributed by atoms with E-state index in [2.05, 4.69) is 10.6 Å². The van der Waals surface area contributed by atoms with Gasteiger partial charge in [0.05, 0.1) is 6.04 Å². The van der Waals surface area contributed by atoms with Gasteiger partial charge in [-0.2, -0.15) is 0 Å². The van der Waals surface area contributed by atoms with Crippen LogP contribution in [0.15, 0.2) is 60.8 Å². The molecular weight excluding hydrogens is 646 g/mol. The number of aliphatic hydroxyl groups excluding tert-OH is 1. The molecule has 0 saturated carbocycles. The van der Waals surface area contributed by atoms with Crippen LogP contribution in [0, 0.1) is 17.0 Å². The highest BCUT2D eigenvalue weighted by molar-refractivity contribution is 5.96. The number of nitrogens with zero attached hydrogens (tertiary/aromatic N) is 3. The topological polar surface area (TPSA) is 150 Å². The zero-order valence-electron chi connectivity index (χ0n) is 29.1. The van der Waals surface area contributed by atoms with E-state index < -0.39 is 41.6 Å². The second-order valence-electron chi connectivity index (χ2n) is 13.8. The highest BCUT2D eigenvalue weighted by Gasteiger charge is 2.40. The number of aliphatic hydroxyl groups is 1. The van der Waals surface area contributed by atoms with Gasteiger partial charge in [-0.25, -0.2) is 8.78 Å². The molecule has 1 aliphatic heterocycles. The monoisotopic (exact) mass is 694 g/mol. The van der Waals surface area contributed by atoms with E-state index >= 15 is 0 Å². The van der Waals surface area contributed by atoms with Crippen molar-refractivity contribution in [3.63, 3.8) is 0 Å². The van der Waals surface area contributed by atoms with Crippen molar-refractivity contribution in [3.8, 4) is 11.1 Å². The number of nitrogens with one attached hydrogen (secondary N) is 2. The molecule has 0 radical (unpaired) electrons. The number of rotatable bonds is 17. The van der Waals surface area contributed by atoms with Crippen LogP contribution in [0.4, 0.5) is 8.78 Å². The maximum atomic E-state index is 15.0. The third-order valence-electron chi connectivity index (χ3n) is 8.83. The van der Waals surface area contributed by atoms with Crippen LogP contribution >= 0.6 is 0 Å². The molecule has 11 nitrogen and oxygen atoms in total. The van der Waals surface area contributed by atoms with Crippen molar-refractivity contribution in [3.05, 3.63) is 83.7 Å². The molecule has 3 atom stereocenters. The molecule has 4 rings (SSSR count). The number of amides is 4. The van der Waals surface area contributed by atoms with E-state index in [1.807, 2.05) is 55.7 Å². The molecule has 0 bridgehead atoms. The summed E-state index contributed by atoms with van der Waals surface area (Å²) in [7, 11) is 0. The number of hydrogen-bond donors (Lipinski definition) is 4. The Morgan fingerprint density at radius 3 is 2.30 bits per heavy atom. The zero-order chi connectivity index (χ0) is 36.6. The average Bonchev–Trinajstić information content (AvgIpc) is 3.43. The largest absolute Gasteiger partial charge is 0.387 e. The zero-order valence-corrected chi connectivity index (χ0v) is 29.1. The minimum atomic E-state index is -0.751. The maximum absolute atomic E-state index is 15.0. The molecule has 50 heavy (non-hydrogen) atoms. The molecule has 2 unspecified atom stereocenters. The lowest BCUT2D eigenvalue weighted by Crippen LogP contribution is -2.46. The van der Waals surface area contributed by atoms with E-state index in [4.69, 9.17) is 5.73 Å². The Labute approximate surface area is 291 Å². The Bertz CT molecular complexity index is 1660. The van der Waals surface area contributed by atoms with Crippen molar-refractivity contribution < 1.29 is 33.1 Å². The highest BCUT2D eigenvalue weighted by Crippen LogP contribution is 2.41. The molecule has 270 valence electrons. The van der Waals surface area contributed by atoms with Crippen LogP contribution in [-0.2, 0) is 25.7 Å². The first-order valence-electron chi connectivity index (χ1n) is 16.9. The van der Waals surface area contributed by atoms with Gasteiger partial charge >= 0.3 is 0 Å². The maximum Gasteiger partial charge on any atom is 0.248 e. The highest BCUT2D eigenvalue weighted by atomic mass is 19.1. The first-order valence-corrected chi connectivity index (χ1v) is 16.9. The van der Waals surface area contributed by atoms with Crippen molar-refractivity contribution in [2.75, 3.05) is 32.8 Å². The van der Waals surface area contributed by atoms with Gasteiger partial charge in [0.2, 0.25) is 23.6 Å². The van der Waals surface area contributed by atoms with Crippen LogP contribution in [0.3, 0.4) is 0 Å². The smallest absolute Gasteiger partial charge is 0.248 e. The van der Waals surface area contributed by atoms with Crippen molar-refractivity contribution in [2.24, 2.45) is 11.1 Å². The molecule has 3 aromatic rings. The molecule has 4 amide bonds. The predicted octanol–water partition coefficient (Wildman–Crippen LogP) is 3.35. The van der Waals surface area contributed by atoms with Crippen LogP contribution in [-0.4, -0.2) is 88.0 Å². The van der Waals surface area contributed by atoms with Gasteiger partial charge in [-0.3, -0.25) is 19.2 Å². The number of carbonyl (C=O) groups excluding carboxylic acids is 4. The Morgan fingerprint density at radius 1 is 1.02 bits per heavy atom. The molecule has 0 aliphatic carbocycles. The average molecular weight is 695 g/mol. The van der Waals surface area contributed by atoms with Gasteiger partial charge in [-0.05, 0) is 48.6 Å². The lowest BCUT2D eigenvalue weighted by molar-refractivity contribution is -0.139. The van der Waals surface area contributed by atoms with Crippen LogP contribution in [0.25, 0.3) is 11.1 Å². The summed E-state index contributed by atoms with van der Waals surface area (Å²) < 4.78 is 31.2. The quantitative estimate of drug-likeness (QED) is 0.159. The van der Waals surface area contributed by atoms with E-state index in [9.17, 15) is 33.1 Å². The molecular formula is C37H48F2N6O5. The normalized spacial score (nSPS) is 15.4. The number of carbonyl (C=O) groups is 4. The van der Waals surface area contributed by atoms with Gasteiger partial charge in [0.1, 0.15) is 24.3 Å². The number of nitrogens with two attached hydrogens (primary N) is 1. The second kappa shape index (κ2) is 16.9. The molecule has 5 N–H and O–H groups in total. The fourth-order valence-corrected chi connectivity index (χ4v) is 6.10. The summed E-state index contributed by atoms with van der Waals surface area (Å²) in [6.07, 6.45) is 1.97. The Hall–Kier alpha value is -4.62. The molecule has 0 spiro atoms. The van der Waals surface area contributed by atoms with Gasteiger partial charge in [0.25, 0.3) is 0 Å². The fraction of sp³-hybridized carbons (Fsp3) is 0.459. The summed E-state index contributed by atoms with van der Waals surface area (Å²) in [5, 5.41) is 15.5. The van der Waals surface area contributed by atoms with E-state index in [1.165, 1.54) is 0 Å². The van der Waals surface area contributed by atoms with Gasteiger partial charge in [0, 0.05) is 74.6 Å². The predicted molar refractivity (Wildman–Crippen MR) is 185 cm³/mol. The minimum Gasteiger partial charge on any atom is -0.387 e. The first kappa shape index (κ1) is 38.2. The molecule has 1 saturated heterocycles. The van der Waals surface area contributed by atoms with E-state index in [-0.39, 0.29) is 61.7 Å². The van der Waals surface area contributed by atoms with E-state index in [0.29, 0.717) is 30.9 Å². The van der Waals surface area contributed by atoms with Gasteiger partial charge in [0.15, 0.2) is 0 Å². The summed E-state index contributed by atoms with van der Waals surface area (Å²) in [5.74, 6) is -2.29. The number of halogens is 2. The molecule has 13 heteroatoms. The summed E-state index contributed by atoms with van der Waals surface area (Å²) in [5.41, 5.74) is 7.94. The number of aromatic nitrogens is 1. The summed E-state index contributed by atoms with van der Waals surface area (Å²) in [4.78, 5) is 52.5.